The minimum Gasteiger partial charge on any atom is -0.463 e. The first-order valence-corrected chi connectivity index (χ1v) is 38.2. The number of carbonyl (C=O) groups is 3. The van der Waals surface area contributed by atoms with Crippen LogP contribution in [0.2, 0.25) is 0 Å². The number of unbranched alkanes of at least 4 members (excludes halogenated alkanes) is 32. The lowest BCUT2D eigenvalue weighted by Crippen LogP contribution is -2.30. The summed E-state index contributed by atoms with van der Waals surface area (Å²) < 4.78 is 60.9. The maximum atomic E-state index is 12.9. The van der Waals surface area contributed by atoms with Crippen LogP contribution in [-0.2, 0) is 55.8 Å². The number of phosphoric ester groups is 2. The van der Waals surface area contributed by atoms with Crippen LogP contribution < -0.4 is 0 Å². The van der Waals surface area contributed by atoms with E-state index in [-0.39, 0.29) is 19.3 Å². The second-order valence-electron chi connectivity index (χ2n) is 23.7. The first-order valence-electron chi connectivity index (χ1n) is 35.2. The van der Waals surface area contributed by atoms with Gasteiger partial charge in [-0.2, -0.15) is 0 Å². The van der Waals surface area contributed by atoms with Crippen LogP contribution in [0.15, 0.2) is 72.9 Å². The summed E-state index contributed by atoms with van der Waals surface area (Å²) >= 11 is 0. The van der Waals surface area contributed by atoms with E-state index in [1.165, 1.54) is 103 Å². The number of aliphatic hydroxyl groups is 2. The van der Waals surface area contributed by atoms with E-state index in [2.05, 4.69) is 93.7 Å². The van der Waals surface area contributed by atoms with Gasteiger partial charge in [-0.25, -0.2) is 9.13 Å². The Bertz CT molecular complexity index is 1920. The number of esters is 3. The first-order chi connectivity index (χ1) is 43.2. The Morgan fingerprint density at radius 3 is 0.955 bits per heavy atom. The second-order valence-corrected chi connectivity index (χ2v) is 26.6. The molecule has 0 saturated heterocycles. The number of hydrogen-bond donors (Lipinski definition) is 4. The van der Waals surface area contributed by atoms with Crippen LogP contribution in [0.3, 0.4) is 0 Å². The van der Waals surface area contributed by atoms with E-state index in [4.69, 9.17) is 32.3 Å². The second kappa shape index (κ2) is 65.1. The molecule has 5 atom stereocenters. The predicted molar refractivity (Wildman–Crippen MR) is 362 cm³/mol. The van der Waals surface area contributed by atoms with Gasteiger partial charge in [0.15, 0.2) is 6.10 Å². The van der Waals surface area contributed by atoms with Gasteiger partial charge in [0.1, 0.15) is 25.4 Å². The number of allylic oxidation sites excluding steroid dienone is 12. The lowest BCUT2D eigenvalue weighted by atomic mass is 10.0. The molecule has 16 nitrogen and oxygen atoms in total. The fourth-order valence-electron chi connectivity index (χ4n) is 9.53. The van der Waals surface area contributed by atoms with Gasteiger partial charge in [0.05, 0.1) is 26.4 Å². The van der Waals surface area contributed by atoms with E-state index in [9.17, 15) is 43.5 Å². The molecule has 0 saturated carbocycles. The average molecular weight is 1300 g/mol. The van der Waals surface area contributed by atoms with Gasteiger partial charge in [-0.3, -0.25) is 32.5 Å². The van der Waals surface area contributed by atoms with E-state index in [1.54, 1.807) is 0 Å². The molecule has 0 radical (unpaired) electrons. The predicted octanol–water partition coefficient (Wildman–Crippen LogP) is 19.5. The van der Waals surface area contributed by atoms with Gasteiger partial charge in [-0.05, 0) is 89.9 Å². The molecule has 89 heavy (non-hydrogen) atoms. The summed E-state index contributed by atoms with van der Waals surface area (Å²) in [5, 5.41) is 20.6. The van der Waals surface area contributed by atoms with Crippen molar-refractivity contribution < 1.29 is 75.8 Å². The van der Waals surface area contributed by atoms with Crippen molar-refractivity contribution in [1.29, 1.82) is 0 Å². The Kier molecular flexibility index (Phi) is 62.9. The van der Waals surface area contributed by atoms with Crippen molar-refractivity contribution >= 4 is 33.6 Å². The van der Waals surface area contributed by atoms with Gasteiger partial charge in [0, 0.05) is 19.3 Å². The van der Waals surface area contributed by atoms with Gasteiger partial charge < -0.3 is 34.2 Å². The number of phosphoric acid groups is 2. The Morgan fingerprint density at radius 1 is 0.326 bits per heavy atom. The van der Waals surface area contributed by atoms with Gasteiger partial charge in [-0.1, -0.05) is 267 Å². The van der Waals surface area contributed by atoms with E-state index in [0.717, 1.165) is 141 Å². The summed E-state index contributed by atoms with van der Waals surface area (Å²) in [4.78, 5) is 58.4. The zero-order valence-electron chi connectivity index (χ0n) is 56.1. The molecule has 0 aliphatic heterocycles. The summed E-state index contributed by atoms with van der Waals surface area (Å²) in [5.74, 6) is -1.58. The molecule has 0 rings (SSSR count). The Morgan fingerprint density at radius 2 is 0.596 bits per heavy atom. The third kappa shape index (κ3) is 66.3. The van der Waals surface area contributed by atoms with Crippen LogP contribution in [0.25, 0.3) is 0 Å². The zero-order valence-corrected chi connectivity index (χ0v) is 57.9. The highest BCUT2D eigenvalue weighted by Crippen LogP contribution is 2.45. The van der Waals surface area contributed by atoms with Crippen molar-refractivity contribution in [2.75, 3.05) is 39.6 Å². The summed E-state index contributed by atoms with van der Waals surface area (Å²) in [6.07, 6.45) is 68.0. The summed E-state index contributed by atoms with van der Waals surface area (Å²) in [7, 11) is -9.77. The molecule has 4 N–H and O–H groups in total. The number of rotatable bonds is 67. The van der Waals surface area contributed by atoms with E-state index in [0.29, 0.717) is 19.3 Å². The first kappa shape index (κ1) is 86.0. The van der Waals surface area contributed by atoms with Crippen molar-refractivity contribution in [1.82, 2.24) is 0 Å². The quantitative estimate of drug-likeness (QED) is 0.0146. The largest absolute Gasteiger partial charge is 0.472 e. The fourth-order valence-corrected chi connectivity index (χ4v) is 11.1. The Labute approximate surface area is 541 Å². The number of ether oxygens (including phenoxy) is 3. The Balaban J connectivity index is 4.59. The highest BCUT2D eigenvalue weighted by Gasteiger charge is 2.29. The molecule has 5 unspecified atom stereocenters. The summed E-state index contributed by atoms with van der Waals surface area (Å²) in [6, 6.07) is 0. The van der Waals surface area contributed by atoms with Crippen LogP contribution >= 0.6 is 15.6 Å². The van der Waals surface area contributed by atoms with Crippen molar-refractivity contribution in [2.45, 2.75) is 322 Å². The monoisotopic (exact) mass is 1300 g/mol. The van der Waals surface area contributed by atoms with Crippen LogP contribution in [0.5, 0.6) is 0 Å². The maximum absolute atomic E-state index is 12.9. The van der Waals surface area contributed by atoms with Crippen molar-refractivity contribution in [2.24, 2.45) is 0 Å². The third-order valence-electron chi connectivity index (χ3n) is 14.9. The molecule has 0 aromatic rings. The Hall–Kier alpha value is -3.01. The molecule has 0 aliphatic rings. The minimum atomic E-state index is -4.92. The van der Waals surface area contributed by atoms with Gasteiger partial charge in [-0.15, -0.1) is 0 Å². The highest BCUT2D eigenvalue weighted by molar-refractivity contribution is 7.47. The molecular formula is C71H128O16P2. The third-order valence-corrected chi connectivity index (χ3v) is 16.8. The van der Waals surface area contributed by atoms with Crippen molar-refractivity contribution in [3.05, 3.63) is 72.9 Å². The maximum Gasteiger partial charge on any atom is 0.472 e. The molecule has 0 bridgehead atoms. The van der Waals surface area contributed by atoms with E-state index in [1.807, 2.05) is 0 Å². The van der Waals surface area contributed by atoms with Gasteiger partial charge in [0.2, 0.25) is 0 Å². The average Bonchev–Trinajstić information content (AvgIpc) is 3.65. The number of hydrogen-bond acceptors (Lipinski definition) is 14. The van der Waals surface area contributed by atoms with Gasteiger partial charge >= 0.3 is 33.6 Å². The molecular weight excluding hydrogens is 1170 g/mol. The van der Waals surface area contributed by atoms with Crippen molar-refractivity contribution in [3.8, 4) is 0 Å². The lowest BCUT2D eigenvalue weighted by Gasteiger charge is -2.21. The summed E-state index contributed by atoms with van der Waals surface area (Å²) in [6.45, 7) is 2.57. The fraction of sp³-hybridized carbons (Fsp3) is 0.789. The van der Waals surface area contributed by atoms with Crippen LogP contribution in [0.1, 0.15) is 303 Å². The summed E-state index contributed by atoms with van der Waals surface area (Å²) in [5.41, 5.74) is 0. The van der Waals surface area contributed by atoms with Crippen LogP contribution in [0.4, 0.5) is 0 Å². The number of aliphatic hydroxyl groups excluding tert-OH is 2. The zero-order chi connectivity index (χ0) is 65.3. The highest BCUT2D eigenvalue weighted by atomic mass is 31.2. The van der Waals surface area contributed by atoms with Crippen LogP contribution in [-0.4, -0.2) is 95.9 Å². The molecule has 0 spiro atoms. The topological polar surface area (TPSA) is 231 Å². The molecule has 0 aromatic heterocycles. The van der Waals surface area contributed by atoms with E-state index < -0.39 is 91.5 Å². The van der Waals surface area contributed by atoms with Gasteiger partial charge in [0.25, 0.3) is 0 Å². The normalized spacial score (nSPS) is 14.6. The lowest BCUT2D eigenvalue weighted by molar-refractivity contribution is -0.161. The molecule has 0 fully saturated rings. The molecule has 0 heterocycles. The molecule has 0 amide bonds. The molecule has 0 aliphatic carbocycles. The molecule has 18 heteroatoms. The molecule has 518 valence electrons. The molecule has 0 aromatic carbocycles. The van der Waals surface area contributed by atoms with Crippen LogP contribution in [0, 0.1) is 0 Å². The SMILES string of the molecule is CC/C=C\C/C=C\C/C=C\C/C=C\C/C=C\CCCCCCCCCC(=O)OCC(O)COP(=O)(O)OCC(O)COP(=O)(O)OCC(COC(=O)CCCCCCC/C=C\CCCCCCCC)OC(=O)CCCCCCCCCCCCCCCCC. The number of carbonyl (C=O) groups excluding carboxylic acids is 3. The smallest absolute Gasteiger partial charge is 0.463 e. The minimum absolute atomic E-state index is 0.109. The standard InChI is InChI=1S/C71H128O16P2/c1-4-7-10-13-16-19-22-25-28-29-30-31-32-33-34-35-38-40-42-45-48-51-54-57-69(74)81-60-66(72)61-83-88(77,78)84-62-67(73)63-85-89(79,80)86-65-68(87-71(76)59-56-53-50-47-44-41-37-27-24-21-18-15-12-9-6-3)64-82-70(75)58-55-52-49-46-43-39-36-26-23-20-17-14-11-8-5-2/h7,10,16,19,25-26,28,30-31,33-34,36,66-68,72-73H,4-6,8-9,11-15,17-18,20-24,27,29,32,35,37-65H2,1-3H3,(H,77,78)(H,79,80)/b10-7-,19-16-,28-25-,31-30-,34-33-,36-26-. The van der Waals surface area contributed by atoms with Crippen molar-refractivity contribution in [3.63, 3.8) is 0 Å². The van der Waals surface area contributed by atoms with E-state index >= 15 is 0 Å².